The number of carbonyl (C=O) groups excluding carboxylic acids is 1. The van der Waals surface area contributed by atoms with Crippen molar-refractivity contribution in [2.45, 2.75) is 36.5 Å². The fourth-order valence-electron chi connectivity index (χ4n) is 3.51. The Balaban J connectivity index is 1.36. The van der Waals surface area contributed by atoms with Gasteiger partial charge in [0.1, 0.15) is 11.5 Å². The van der Waals surface area contributed by atoms with Crippen molar-refractivity contribution < 1.29 is 18.1 Å². The summed E-state index contributed by atoms with van der Waals surface area (Å²) in [6, 6.07) is 8.75. The highest BCUT2D eigenvalue weighted by molar-refractivity contribution is 7.89. The summed E-state index contributed by atoms with van der Waals surface area (Å²) in [5, 5.41) is 21.9. The number of hydrogen-bond acceptors (Lipinski definition) is 7. The summed E-state index contributed by atoms with van der Waals surface area (Å²) in [6.45, 7) is 0.111. The molecule has 4 rings (SSSR count). The largest absolute Gasteiger partial charge is 0.379 e. The molecule has 1 aliphatic carbocycles. The topological polar surface area (TPSA) is 173 Å². The van der Waals surface area contributed by atoms with E-state index >= 15 is 0 Å². The summed E-state index contributed by atoms with van der Waals surface area (Å²) in [5.74, 6) is 1.18. The predicted octanol–water partition coefficient (Wildman–Crippen LogP) is 2.83. The molecule has 0 saturated heterocycles. The average Bonchev–Trinajstić information content (AvgIpc) is 3.08. The first-order valence-electron chi connectivity index (χ1n) is 10.1. The normalized spacial score (nSPS) is 14.2. The van der Waals surface area contributed by atoms with Gasteiger partial charge in [-0.3, -0.25) is 14.9 Å². The van der Waals surface area contributed by atoms with Crippen LogP contribution in [0.1, 0.15) is 37.4 Å². The molecule has 11 nitrogen and oxygen atoms in total. The number of aromatic amines is 1. The van der Waals surface area contributed by atoms with Gasteiger partial charge in [-0.05, 0) is 43.2 Å². The van der Waals surface area contributed by atoms with Gasteiger partial charge in [-0.15, -0.1) is 0 Å². The lowest BCUT2D eigenvalue weighted by atomic mass is 9.85. The quantitative estimate of drug-likeness (QED) is 0.296. The minimum absolute atomic E-state index is 0.0441. The van der Waals surface area contributed by atoms with E-state index in [9.17, 15) is 23.3 Å². The summed E-state index contributed by atoms with van der Waals surface area (Å²) in [4.78, 5) is 30.4. The number of primary sulfonamides is 1. The zero-order valence-electron chi connectivity index (χ0n) is 17.0. The number of sulfonamides is 1. The van der Waals surface area contributed by atoms with Crippen LogP contribution in [0, 0.1) is 10.1 Å². The Morgan fingerprint density at radius 3 is 2.69 bits per heavy atom. The molecule has 0 radical (unpaired) electrons. The smallest absolute Gasteiger partial charge is 0.293 e. The van der Waals surface area contributed by atoms with Gasteiger partial charge in [0.15, 0.2) is 0 Å². The number of nitrogens with zero attached hydrogens (tertiary/aromatic N) is 2. The number of nitro groups is 1. The lowest BCUT2D eigenvalue weighted by molar-refractivity contribution is -0.384. The van der Waals surface area contributed by atoms with Crippen LogP contribution in [0.25, 0.3) is 11.0 Å². The summed E-state index contributed by atoms with van der Waals surface area (Å²) >= 11 is 0. The number of fused-ring (bicyclic) bond motifs is 1. The third-order valence-electron chi connectivity index (χ3n) is 5.44. The first kappa shape index (κ1) is 21.7. The lowest BCUT2D eigenvalue weighted by Crippen LogP contribution is -2.17. The highest BCUT2D eigenvalue weighted by Gasteiger charge is 2.23. The average molecular weight is 459 g/mol. The minimum Gasteiger partial charge on any atom is -0.379 e. The monoisotopic (exact) mass is 458 g/mol. The summed E-state index contributed by atoms with van der Waals surface area (Å²) in [6.07, 6.45) is 3.54. The number of carbonyl (C=O) groups is 1. The standard InChI is InChI=1S/C20H22N6O5S/c21-32(30,31)14-5-7-16(18(11-14)26(28)29)22-9-8-19(27)23-13-4-6-15-17(10-13)25-20(24-15)12-2-1-3-12/h4-7,10-12,22H,1-3,8-9H2,(H,23,27)(H,24,25)(H2,21,30,31). The first-order chi connectivity index (χ1) is 15.2. The molecular weight excluding hydrogens is 436 g/mol. The molecule has 1 fully saturated rings. The van der Waals surface area contributed by atoms with E-state index < -0.39 is 20.6 Å². The number of amides is 1. The van der Waals surface area contributed by atoms with Crippen LogP contribution in [0.5, 0.6) is 0 Å². The van der Waals surface area contributed by atoms with Crippen LogP contribution in [0.4, 0.5) is 17.1 Å². The van der Waals surface area contributed by atoms with Crippen molar-refractivity contribution in [3.63, 3.8) is 0 Å². The van der Waals surface area contributed by atoms with E-state index in [0.29, 0.717) is 11.6 Å². The number of imidazole rings is 1. The second-order valence-electron chi connectivity index (χ2n) is 7.69. The van der Waals surface area contributed by atoms with Gasteiger partial charge in [-0.25, -0.2) is 18.5 Å². The number of aromatic nitrogens is 2. The molecule has 2 aromatic carbocycles. The molecule has 1 saturated carbocycles. The molecule has 0 aliphatic heterocycles. The number of H-pyrrole nitrogens is 1. The Bertz CT molecular complexity index is 1300. The lowest BCUT2D eigenvalue weighted by Gasteiger charge is -2.22. The molecule has 168 valence electrons. The van der Waals surface area contributed by atoms with E-state index in [4.69, 9.17) is 5.14 Å². The van der Waals surface area contributed by atoms with Crippen molar-refractivity contribution in [2.24, 2.45) is 5.14 Å². The first-order valence-corrected chi connectivity index (χ1v) is 11.6. The summed E-state index contributed by atoms with van der Waals surface area (Å²) < 4.78 is 22.8. The maximum absolute atomic E-state index is 12.3. The van der Waals surface area contributed by atoms with E-state index in [2.05, 4.69) is 20.6 Å². The number of nitrogens with two attached hydrogens (primary N) is 1. The van der Waals surface area contributed by atoms with Crippen molar-refractivity contribution in [3.05, 3.63) is 52.3 Å². The van der Waals surface area contributed by atoms with Crippen molar-refractivity contribution in [3.8, 4) is 0 Å². The Labute approximate surface area is 183 Å². The third-order valence-corrected chi connectivity index (χ3v) is 6.35. The van der Waals surface area contributed by atoms with Crippen molar-refractivity contribution in [2.75, 3.05) is 17.2 Å². The Morgan fingerprint density at radius 2 is 2.03 bits per heavy atom. The van der Waals surface area contributed by atoms with Gasteiger partial charge in [-0.1, -0.05) is 6.42 Å². The molecule has 1 amide bonds. The number of hydrogen-bond donors (Lipinski definition) is 4. The maximum atomic E-state index is 12.3. The van der Waals surface area contributed by atoms with Gasteiger partial charge in [-0.2, -0.15) is 0 Å². The van der Waals surface area contributed by atoms with Crippen LogP contribution in [0.2, 0.25) is 0 Å². The Kier molecular flexibility index (Phi) is 5.80. The fraction of sp³-hybridized carbons (Fsp3) is 0.300. The highest BCUT2D eigenvalue weighted by atomic mass is 32.2. The van der Waals surface area contributed by atoms with Gasteiger partial charge in [0.05, 0.1) is 20.9 Å². The number of benzene rings is 2. The number of nitrogens with one attached hydrogen (secondary N) is 3. The van der Waals surface area contributed by atoms with Gasteiger partial charge in [0.25, 0.3) is 5.69 Å². The second-order valence-corrected chi connectivity index (χ2v) is 9.25. The summed E-state index contributed by atoms with van der Waals surface area (Å²) in [5.41, 5.74) is 1.98. The van der Waals surface area contributed by atoms with Crippen LogP contribution >= 0.6 is 0 Å². The van der Waals surface area contributed by atoms with Crippen LogP contribution in [-0.2, 0) is 14.8 Å². The molecule has 0 spiro atoms. The zero-order chi connectivity index (χ0) is 22.9. The molecule has 32 heavy (non-hydrogen) atoms. The third kappa shape index (κ3) is 4.70. The SMILES string of the molecule is NS(=O)(=O)c1ccc(NCCC(=O)Nc2ccc3nc(C4CCC4)[nH]c3c2)c([N+](=O)[O-])c1. The van der Waals surface area contributed by atoms with E-state index in [-0.39, 0.29) is 29.5 Å². The molecule has 12 heteroatoms. The molecule has 1 heterocycles. The molecule has 0 unspecified atom stereocenters. The van der Waals surface area contributed by atoms with Crippen LogP contribution < -0.4 is 15.8 Å². The predicted molar refractivity (Wildman–Crippen MR) is 119 cm³/mol. The Morgan fingerprint density at radius 1 is 1.25 bits per heavy atom. The van der Waals surface area contributed by atoms with Gasteiger partial charge >= 0.3 is 0 Å². The van der Waals surface area contributed by atoms with Crippen LogP contribution in [-0.4, -0.2) is 35.8 Å². The minimum atomic E-state index is -4.06. The zero-order valence-corrected chi connectivity index (χ0v) is 17.8. The van der Waals surface area contributed by atoms with Crippen LogP contribution in [0.15, 0.2) is 41.3 Å². The number of nitro benzene ring substituents is 1. The van der Waals surface area contributed by atoms with Crippen molar-refractivity contribution in [1.82, 2.24) is 9.97 Å². The van der Waals surface area contributed by atoms with Crippen molar-refractivity contribution >= 4 is 44.0 Å². The van der Waals surface area contributed by atoms with E-state index in [1.807, 2.05) is 12.1 Å². The summed E-state index contributed by atoms with van der Waals surface area (Å²) in [7, 11) is -4.06. The van der Waals surface area contributed by atoms with E-state index in [1.54, 1.807) is 6.07 Å². The van der Waals surface area contributed by atoms with E-state index in [0.717, 1.165) is 35.8 Å². The molecular formula is C20H22N6O5S. The maximum Gasteiger partial charge on any atom is 0.293 e. The molecule has 1 aromatic heterocycles. The van der Waals surface area contributed by atoms with E-state index in [1.165, 1.54) is 18.6 Å². The number of anilines is 2. The second kappa shape index (κ2) is 8.55. The molecule has 3 aromatic rings. The van der Waals surface area contributed by atoms with Gasteiger partial charge < -0.3 is 15.6 Å². The van der Waals surface area contributed by atoms with Gasteiger partial charge in [0.2, 0.25) is 15.9 Å². The van der Waals surface area contributed by atoms with Crippen LogP contribution in [0.3, 0.4) is 0 Å². The Hall–Kier alpha value is -3.51. The number of rotatable bonds is 8. The molecule has 0 bridgehead atoms. The molecule has 1 aliphatic rings. The fourth-order valence-corrected chi connectivity index (χ4v) is 4.04. The van der Waals surface area contributed by atoms with Crippen molar-refractivity contribution in [1.29, 1.82) is 0 Å². The molecule has 5 N–H and O–H groups in total. The highest BCUT2D eigenvalue weighted by Crippen LogP contribution is 2.35. The molecule has 0 atom stereocenters. The van der Waals surface area contributed by atoms with Gasteiger partial charge in [0, 0.05) is 30.6 Å².